The zero-order chi connectivity index (χ0) is 14.7. The highest BCUT2D eigenvalue weighted by Gasteiger charge is 2.20. The third-order valence-electron chi connectivity index (χ3n) is 3.07. The highest BCUT2D eigenvalue weighted by Crippen LogP contribution is 2.29. The van der Waals surface area contributed by atoms with Gasteiger partial charge in [0.25, 0.3) is 5.91 Å². The van der Waals surface area contributed by atoms with E-state index in [1.807, 2.05) is 13.8 Å². The van der Waals surface area contributed by atoms with Crippen LogP contribution in [-0.2, 0) is 0 Å². The smallest absolute Gasteiger partial charge is 0.268 e. The van der Waals surface area contributed by atoms with Crippen LogP contribution < -0.4 is 9.64 Å². The Labute approximate surface area is 122 Å². The maximum absolute atomic E-state index is 12.6. The number of hydrogen-bond acceptors (Lipinski definition) is 4. The number of hydrogen-bond donors (Lipinski definition) is 1. The third kappa shape index (κ3) is 2.77. The molecule has 106 valence electrons. The number of amides is 1. The summed E-state index contributed by atoms with van der Waals surface area (Å²) < 4.78 is 5.11. The van der Waals surface area contributed by atoms with Crippen molar-refractivity contribution in [2.75, 3.05) is 18.6 Å². The Balaban J connectivity index is 2.36. The van der Waals surface area contributed by atoms with Crippen molar-refractivity contribution in [1.29, 1.82) is 0 Å². The molecule has 0 saturated carbocycles. The molecule has 0 atom stereocenters. The number of nitrogens with zero attached hydrogens (tertiary/aromatic N) is 1. The number of aromatic hydroxyl groups is 1. The summed E-state index contributed by atoms with van der Waals surface area (Å²) in [5.74, 6) is 0.747. The van der Waals surface area contributed by atoms with Gasteiger partial charge in [-0.05, 0) is 25.5 Å². The summed E-state index contributed by atoms with van der Waals surface area (Å²) in [6, 6.07) is 6.76. The predicted molar refractivity (Wildman–Crippen MR) is 81.1 cm³/mol. The first kappa shape index (κ1) is 14.4. The minimum absolute atomic E-state index is 0.0884. The van der Waals surface area contributed by atoms with Crippen LogP contribution in [0.5, 0.6) is 11.5 Å². The van der Waals surface area contributed by atoms with Crippen molar-refractivity contribution in [2.45, 2.75) is 13.8 Å². The van der Waals surface area contributed by atoms with E-state index in [-0.39, 0.29) is 11.7 Å². The van der Waals surface area contributed by atoms with Crippen molar-refractivity contribution >= 4 is 22.9 Å². The second-order valence-corrected chi connectivity index (χ2v) is 5.28. The van der Waals surface area contributed by atoms with Crippen LogP contribution in [0.4, 0.5) is 5.69 Å². The Morgan fingerprint density at radius 2 is 2.15 bits per heavy atom. The molecule has 1 N–H and O–H groups in total. The molecule has 0 aliphatic heterocycles. The molecule has 2 aromatic rings. The number of methoxy groups -OCH3 is 1. The molecule has 0 saturated heterocycles. The van der Waals surface area contributed by atoms with Gasteiger partial charge in [-0.2, -0.15) is 0 Å². The highest BCUT2D eigenvalue weighted by molar-refractivity contribution is 7.12. The first-order valence-electron chi connectivity index (χ1n) is 6.30. The molecular weight excluding hydrogens is 274 g/mol. The summed E-state index contributed by atoms with van der Waals surface area (Å²) in [6.45, 7) is 4.36. The highest BCUT2D eigenvalue weighted by atomic mass is 32.1. The quantitative estimate of drug-likeness (QED) is 0.938. The van der Waals surface area contributed by atoms with Gasteiger partial charge in [-0.3, -0.25) is 4.79 Å². The molecule has 0 spiro atoms. The van der Waals surface area contributed by atoms with E-state index in [0.717, 1.165) is 11.3 Å². The van der Waals surface area contributed by atoms with Gasteiger partial charge in [0.1, 0.15) is 11.5 Å². The van der Waals surface area contributed by atoms with Crippen molar-refractivity contribution in [1.82, 2.24) is 0 Å². The van der Waals surface area contributed by atoms with E-state index in [2.05, 4.69) is 0 Å². The van der Waals surface area contributed by atoms with E-state index in [0.29, 0.717) is 17.2 Å². The van der Waals surface area contributed by atoms with Crippen LogP contribution >= 0.6 is 11.3 Å². The van der Waals surface area contributed by atoms with Crippen molar-refractivity contribution in [2.24, 2.45) is 0 Å². The number of benzene rings is 1. The summed E-state index contributed by atoms with van der Waals surface area (Å²) in [5, 5.41) is 11.4. The Morgan fingerprint density at radius 1 is 1.40 bits per heavy atom. The maximum Gasteiger partial charge on any atom is 0.268 e. The van der Waals surface area contributed by atoms with E-state index < -0.39 is 0 Å². The molecule has 1 heterocycles. The number of ether oxygens (including phenoxy) is 1. The van der Waals surface area contributed by atoms with Gasteiger partial charge in [0.15, 0.2) is 0 Å². The monoisotopic (exact) mass is 291 g/mol. The number of phenolic OH excluding ortho intramolecular Hbond substituents is 1. The normalized spacial score (nSPS) is 10.3. The molecule has 0 aliphatic rings. The Bertz CT molecular complexity index is 621. The number of anilines is 1. The molecule has 0 bridgehead atoms. The molecular formula is C15H17NO3S. The van der Waals surface area contributed by atoms with Gasteiger partial charge in [0.2, 0.25) is 0 Å². The first-order chi connectivity index (χ1) is 9.56. The lowest BCUT2D eigenvalue weighted by Crippen LogP contribution is -2.30. The van der Waals surface area contributed by atoms with Crippen molar-refractivity contribution < 1.29 is 14.6 Å². The number of carbonyl (C=O) groups excluding carboxylic acids is 1. The summed E-state index contributed by atoms with van der Waals surface area (Å²) in [4.78, 5) is 14.8. The molecule has 0 fully saturated rings. The van der Waals surface area contributed by atoms with Crippen LogP contribution in [0, 0.1) is 6.92 Å². The van der Waals surface area contributed by atoms with Crippen LogP contribution in [0.25, 0.3) is 0 Å². The van der Waals surface area contributed by atoms with Crippen LogP contribution in [0.2, 0.25) is 0 Å². The largest absolute Gasteiger partial charge is 0.508 e. The zero-order valence-corrected chi connectivity index (χ0v) is 12.5. The molecule has 0 radical (unpaired) electrons. The second-order valence-electron chi connectivity index (χ2n) is 4.37. The summed E-state index contributed by atoms with van der Waals surface area (Å²) in [5.41, 5.74) is 1.67. The fraction of sp³-hybridized carbons (Fsp3) is 0.267. The summed E-state index contributed by atoms with van der Waals surface area (Å²) >= 11 is 1.35. The zero-order valence-electron chi connectivity index (χ0n) is 11.7. The van der Waals surface area contributed by atoms with Gasteiger partial charge in [-0.25, -0.2) is 0 Å². The third-order valence-corrected chi connectivity index (χ3v) is 3.96. The van der Waals surface area contributed by atoms with Gasteiger partial charge < -0.3 is 14.7 Å². The first-order valence-corrected chi connectivity index (χ1v) is 7.18. The topological polar surface area (TPSA) is 49.8 Å². The SMILES string of the molecule is CCN(C(=O)c1cc(OC)cs1)c1cc(O)ccc1C. The van der Waals surface area contributed by atoms with E-state index in [1.54, 1.807) is 41.7 Å². The molecule has 5 heteroatoms. The van der Waals surface area contributed by atoms with Gasteiger partial charge in [0, 0.05) is 24.1 Å². The molecule has 20 heavy (non-hydrogen) atoms. The van der Waals surface area contributed by atoms with Gasteiger partial charge >= 0.3 is 0 Å². The molecule has 0 unspecified atom stereocenters. The lowest BCUT2D eigenvalue weighted by atomic mass is 10.1. The second kappa shape index (κ2) is 5.96. The summed E-state index contributed by atoms with van der Waals surface area (Å²) in [6.07, 6.45) is 0. The van der Waals surface area contributed by atoms with Gasteiger partial charge in [-0.1, -0.05) is 6.07 Å². The van der Waals surface area contributed by atoms with Crippen molar-refractivity contribution in [3.63, 3.8) is 0 Å². The Morgan fingerprint density at radius 3 is 2.75 bits per heavy atom. The standard InChI is InChI=1S/C15H17NO3S/c1-4-16(13-7-11(17)6-5-10(13)2)15(18)14-8-12(19-3)9-20-14/h5-9,17H,4H2,1-3H3. The van der Waals surface area contributed by atoms with E-state index in [4.69, 9.17) is 4.74 Å². The number of rotatable bonds is 4. The fourth-order valence-corrected chi connectivity index (χ4v) is 2.79. The number of phenols is 1. The number of thiophene rings is 1. The lowest BCUT2D eigenvalue weighted by Gasteiger charge is -2.22. The average Bonchev–Trinajstić information content (AvgIpc) is 2.92. The van der Waals surface area contributed by atoms with Gasteiger partial charge in [0.05, 0.1) is 17.7 Å². The molecule has 2 rings (SSSR count). The minimum Gasteiger partial charge on any atom is -0.508 e. The minimum atomic E-state index is -0.0884. The molecule has 0 aliphatic carbocycles. The van der Waals surface area contributed by atoms with Crippen LogP contribution in [-0.4, -0.2) is 24.7 Å². The average molecular weight is 291 g/mol. The predicted octanol–water partition coefficient (Wildman–Crippen LogP) is 3.44. The Kier molecular flexibility index (Phi) is 4.29. The van der Waals surface area contributed by atoms with Crippen LogP contribution in [0.3, 0.4) is 0 Å². The van der Waals surface area contributed by atoms with Crippen LogP contribution in [0.15, 0.2) is 29.6 Å². The fourth-order valence-electron chi connectivity index (χ4n) is 1.98. The molecule has 1 aromatic heterocycles. The number of aryl methyl sites for hydroxylation is 1. The molecule has 1 amide bonds. The molecule has 1 aromatic carbocycles. The van der Waals surface area contributed by atoms with E-state index >= 15 is 0 Å². The van der Waals surface area contributed by atoms with Crippen LogP contribution in [0.1, 0.15) is 22.2 Å². The molecule has 4 nitrogen and oxygen atoms in total. The Hall–Kier alpha value is -2.01. The van der Waals surface area contributed by atoms with E-state index in [9.17, 15) is 9.90 Å². The maximum atomic E-state index is 12.6. The lowest BCUT2D eigenvalue weighted by molar-refractivity contribution is 0.0992. The van der Waals surface area contributed by atoms with E-state index in [1.165, 1.54) is 11.3 Å². The van der Waals surface area contributed by atoms with Crippen molar-refractivity contribution in [3.8, 4) is 11.5 Å². The van der Waals surface area contributed by atoms with Crippen molar-refractivity contribution in [3.05, 3.63) is 40.1 Å². The summed E-state index contributed by atoms with van der Waals surface area (Å²) in [7, 11) is 1.58. The van der Waals surface area contributed by atoms with Gasteiger partial charge in [-0.15, -0.1) is 11.3 Å². The number of carbonyl (C=O) groups is 1.